The molecule has 0 fully saturated rings. The van der Waals surface area contributed by atoms with Crippen LogP contribution in [0.2, 0.25) is 0 Å². The Balaban J connectivity index is 1.60. The van der Waals surface area contributed by atoms with Crippen LogP contribution in [0.1, 0.15) is 52.7 Å². The molecule has 0 aliphatic heterocycles. The van der Waals surface area contributed by atoms with Gasteiger partial charge in [0.05, 0.1) is 11.0 Å². The quantitative estimate of drug-likeness (QED) is 0.223. The molecule has 6 rings (SSSR count). The highest BCUT2D eigenvalue weighted by molar-refractivity contribution is 6.10. The predicted octanol–water partition coefficient (Wildman–Crippen LogP) is 10.8. The molecule has 0 saturated carbocycles. The molecule has 40 heavy (non-hydrogen) atoms. The maximum atomic E-state index is 2.43. The van der Waals surface area contributed by atoms with Crippen LogP contribution in [-0.2, 0) is 10.8 Å². The molecular formula is C38H38N2. The number of anilines is 3. The summed E-state index contributed by atoms with van der Waals surface area (Å²) in [4.78, 5) is 2.33. The van der Waals surface area contributed by atoms with Gasteiger partial charge >= 0.3 is 0 Å². The number of fused-ring (bicyclic) bond motifs is 3. The van der Waals surface area contributed by atoms with Crippen LogP contribution in [0.5, 0.6) is 0 Å². The van der Waals surface area contributed by atoms with Crippen LogP contribution in [0.4, 0.5) is 17.1 Å². The molecule has 0 saturated heterocycles. The zero-order valence-electron chi connectivity index (χ0n) is 24.4. The smallest absolute Gasteiger partial charge is 0.0541 e. The summed E-state index contributed by atoms with van der Waals surface area (Å²) in [6, 6.07) is 44.2. The Morgan fingerprint density at radius 3 is 1.35 bits per heavy atom. The van der Waals surface area contributed by atoms with E-state index in [1.54, 1.807) is 0 Å². The lowest BCUT2D eigenvalue weighted by molar-refractivity contribution is 0.590. The third-order valence-corrected chi connectivity index (χ3v) is 7.87. The van der Waals surface area contributed by atoms with Gasteiger partial charge in [-0.2, -0.15) is 0 Å². The first-order valence-corrected chi connectivity index (χ1v) is 14.2. The van der Waals surface area contributed by atoms with E-state index in [-0.39, 0.29) is 10.8 Å². The summed E-state index contributed by atoms with van der Waals surface area (Å²) in [5, 5.41) is 2.61. The molecule has 2 nitrogen and oxygen atoms in total. The third-order valence-electron chi connectivity index (χ3n) is 7.87. The van der Waals surface area contributed by atoms with Gasteiger partial charge in [0.1, 0.15) is 0 Å². The molecule has 0 aliphatic carbocycles. The minimum Gasteiger partial charge on any atom is -0.310 e. The summed E-state index contributed by atoms with van der Waals surface area (Å²) in [6.45, 7) is 13.7. The summed E-state index contributed by atoms with van der Waals surface area (Å²) in [6.07, 6.45) is 0. The van der Waals surface area contributed by atoms with Crippen LogP contribution in [0.15, 0.2) is 121 Å². The second-order valence-electron chi connectivity index (χ2n) is 12.8. The normalized spacial score (nSPS) is 12.2. The fraction of sp³-hybridized carbons (Fsp3) is 0.211. The van der Waals surface area contributed by atoms with E-state index in [1.807, 2.05) is 0 Å². The molecule has 5 aromatic carbocycles. The van der Waals surface area contributed by atoms with Crippen molar-refractivity contribution in [2.45, 2.75) is 52.4 Å². The highest BCUT2D eigenvalue weighted by Crippen LogP contribution is 2.40. The van der Waals surface area contributed by atoms with E-state index in [0.29, 0.717) is 0 Å². The van der Waals surface area contributed by atoms with E-state index < -0.39 is 0 Å². The molecule has 2 heteroatoms. The number of aromatic nitrogens is 1. The lowest BCUT2D eigenvalue weighted by Crippen LogP contribution is -2.11. The monoisotopic (exact) mass is 522 g/mol. The van der Waals surface area contributed by atoms with Gasteiger partial charge in [-0.15, -0.1) is 0 Å². The average molecular weight is 523 g/mol. The minimum atomic E-state index is 0.0794. The van der Waals surface area contributed by atoms with Gasteiger partial charge in [0.2, 0.25) is 0 Å². The van der Waals surface area contributed by atoms with Crippen molar-refractivity contribution in [2.75, 3.05) is 4.90 Å². The Hall–Kier alpha value is -4.30. The Labute approximate surface area is 238 Å². The molecule has 0 amide bonds. The van der Waals surface area contributed by atoms with E-state index in [9.17, 15) is 0 Å². The molecule has 200 valence electrons. The standard InChI is InChI=1S/C38H38N2/c1-37(2,3)27-20-22-35-33(24-27)34-25-28(38(4,5)6)21-23-36(34)40(35)32-19-13-18-31(26-32)39(29-14-9-7-10-15-29)30-16-11-8-12-17-30/h7-26H,1-6H3. The van der Waals surface area contributed by atoms with E-state index in [1.165, 1.54) is 32.9 Å². The lowest BCUT2D eigenvalue weighted by atomic mass is 9.85. The van der Waals surface area contributed by atoms with Gasteiger partial charge < -0.3 is 9.47 Å². The van der Waals surface area contributed by atoms with Gasteiger partial charge in [0.25, 0.3) is 0 Å². The van der Waals surface area contributed by atoms with Gasteiger partial charge in [-0.25, -0.2) is 0 Å². The molecule has 0 atom stereocenters. The molecule has 6 aromatic rings. The second-order valence-corrected chi connectivity index (χ2v) is 12.8. The molecule has 1 heterocycles. The summed E-state index contributed by atoms with van der Waals surface area (Å²) in [7, 11) is 0. The van der Waals surface area contributed by atoms with Crippen LogP contribution < -0.4 is 4.90 Å². The molecule has 0 unspecified atom stereocenters. The minimum absolute atomic E-state index is 0.0794. The van der Waals surface area contributed by atoms with E-state index in [4.69, 9.17) is 0 Å². The summed E-state index contributed by atoms with van der Waals surface area (Å²) in [5.41, 5.74) is 9.89. The molecule has 0 N–H and O–H groups in total. The van der Waals surface area contributed by atoms with Gasteiger partial charge in [-0.3, -0.25) is 0 Å². The maximum Gasteiger partial charge on any atom is 0.0541 e. The van der Waals surface area contributed by atoms with E-state index in [0.717, 1.165) is 22.7 Å². The molecular weight excluding hydrogens is 484 g/mol. The number of para-hydroxylation sites is 2. The van der Waals surface area contributed by atoms with Crippen molar-refractivity contribution in [3.8, 4) is 5.69 Å². The molecule has 0 bridgehead atoms. The summed E-state index contributed by atoms with van der Waals surface area (Å²) < 4.78 is 2.43. The first-order chi connectivity index (χ1) is 19.1. The highest BCUT2D eigenvalue weighted by atomic mass is 15.1. The number of rotatable bonds is 4. The number of hydrogen-bond donors (Lipinski definition) is 0. The summed E-state index contributed by atoms with van der Waals surface area (Å²) >= 11 is 0. The highest BCUT2D eigenvalue weighted by Gasteiger charge is 2.21. The van der Waals surface area contributed by atoms with Crippen molar-refractivity contribution in [3.63, 3.8) is 0 Å². The van der Waals surface area contributed by atoms with Crippen LogP contribution in [-0.4, -0.2) is 4.57 Å². The van der Waals surface area contributed by atoms with E-state index >= 15 is 0 Å². The van der Waals surface area contributed by atoms with Gasteiger partial charge in [-0.1, -0.05) is 96.1 Å². The Morgan fingerprint density at radius 1 is 0.450 bits per heavy atom. The first-order valence-electron chi connectivity index (χ1n) is 14.2. The largest absolute Gasteiger partial charge is 0.310 e. The van der Waals surface area contributed by atoms with E-state index in [2.05, 4.69) is 172 Å². The number of nitrogens with zero attached hydrogens (tertiary/aromatic N) is 2. The Bertz CT molecular complexity index is 1690. The van der Waals surface area contributed by atoms with Gasteiger partial charge in [0, 0.05) is 33.5 Å². The van der Waals surface area contributed by atoms with Crippen LogP contribution in [0.3, 0.4) is 0 Å². The topological polar surface area (TPSA) is 8.17 Å². The first kappa shape index (κ1) is 26.0. The summed E-state index contributed by atoms with van der Waals surface area (Å²) in [5.74, 6) is 0. The average Bonchev–Trinajstić information content (AvgIpc) is 3.27. The van der Waals surface area contributed by atoms with Crippen molar-refractivity contribution in [3.05, 3.63) is 132 Å². The van der Waals surface area contributed by atoms with Crippen molar-refractivity contribution >= 4 is 38.9 Å². The SMILES string of the molecule is CC(C)(C)c1ccc2c(c1)c1cc(C(C)(C)C)ccc1n2-c1cccc(N(c2ccccc2)c2ccccc2)c1. The van der Waals surface area contributed by atoms with Crippen LogP contribution in [0.25, 0.3) is 27.5 Å². The van der Waals surface area contributed by atoms with Crippen molar-refractivity contribution in [2.24, 2.45) is 0 Å². The maximum absolute atomic E-state index is 2.43. The molecule has 0 spiro atoms. The molecule has 0 radical (unpaired) electrons. The Kier molecular flexibility index (Phi) is 6.30. The third kappa shape index (κ3) is 4.69. The fourth-order valence-corrected chi connectivity index (χ4v) is 5.61. The van der Waals surface area contributed by atoms with Gasteiger partial charge in [0.15, 0.2) is 0 Å². The fourth-order valence-electron chi connectivity index (χ4n) is 5.61. The van der Waals surface area contributed by atoms with Crippen LogP contribution in [0, 0.1) is 0 Å². The van der Waals surface area contributed by atoms with Crippen molar-refractivity contribution in [1.82, 2.24) is 4.57 Å². The van der Waals surface area contributed by atoms with Crippen molar-refractivity contribution in [1.29, 1.82) is 0 Å². The number of hydrogen-bond acceptors (Lipinski definition) is 1. The zero-order valence-corrected chi connectivity index (χ0v) is 24.4. The molecule has 0 aliphatic rings. The predicted molar refractivity (Wildman–Crippen MR) is 173 cm³/mol. The van der Waals surface area contributed by atoms with Crippen molar-refractivity contribution < 1.29 is 0 Å². The van der Waals surface area contributed by atoms with Crippen LogP contribution >= 0.6 is 0 Å². The number of benzene rings is 5. The van der Waals surface area contributed by atoms with Gasteiger partial charge in [-0.05, 0) is 88.7 Å². The molecule has 1 aromatic heterocycles. The lowest BCUT2D eigenvalue weighted by Gasteiger charge is -2.26. The zero-order chi connectivity index (χ0) is 28.1. The Morgan fingerprint density at radius 2 is 0.900 bits per heavy atom. The second kappa shape index (κ2) is 9.71.